The molecule has 0 heterocycles. The van der Waals surface area contributed by atoms with Gasteiger partial charge in [0.1, 0.15) is 0 Å². The summed E-state index contributed by atoms with van der Waals surface area (Å²) in [4.78, 5) is 23.5. The highest BCUT2D eigenvalue weighted by molar-refractivity contribution is 6.36. The maximum atomic E-state index is 12.1. The predicted octanol–water partition coefficient (Wildman–Crippen LogP) is 4.52. The van der Waals surface area contributed by atoms with E-state index in [1.807, 2.05) is 6.92 Å². The summed E-state index contributed by atoms with van der Waals surface area (Å²) >= 11 is 12.1. The number of hydrogen-bond acceptors (Lipinski definition) is 2. The highest BCUT2D eigenvalue weighted by atomic mass is 35.5. The van der Waals surface area contributed by atoms with Crippen molar-refractivity contribution in [3.05, 3.63) is 27.7 Å². The van der Waals surface area contributed by atoms with Crippen LogP contribution in [-0.4, -0.2) is 17.0 Å². The largest absolute Gasteiger partial charge is 0.481 e. The number of carboxylic acid groups (broad SMARTS) is 1. The van der Waals surface area contributed by atoms with E-state index in [2.05, 4.69) is 5.32 Å². The Morgan fingerprint density at radius 1 is 1.19 bits per heavy atom. The summed E-state index contributed by atoms with van der Waals surface area (Å²) in [6, 6.07) is 3.22. The fourth-order valence-corrected chi connectivity index (χ4v) is 2.55. The van der Waals surface area contributed by atoms with Crippen LogP contribution in [0.5, 0.6) is 0 Å². The van der Waals surface area contributed by atoms with Gasteiger partial charge in [0.15, 0.2) is 0 Å². The van der Waals surface area contributed by atoms with Crippen LogP contribution < -0.4 is 5.32 Å². The van der Waals surface area contributed by atoms with Gasteiger partial charge in [-0.1, -0.05) is 37.0 Å². The van der Waals surface area contributed by atoms with Crippen LogP contribution in [0, 0.1) is 12.3 Å². The monoisotopic (exact) mass is 331 g/mol. The molecule has 0 unspecified atom stereocenters. The molecule has 1 aromatic rings. The molecule has 0 radical (unpaired) electrons. The van der Waals surface area contributed by atoms with Gasteiger partial charge in [-0.05, 0) is 37.5 Å². The normalized spacial score (nSPS) is 11.3. The lowest BCUT2D eigenvalue weighted by molar-refractivity contribution is -0.151. The highest BCUT2D eigenvalue weighted by Crippen LogP contribution is 2.33. The van der Waals surface area contributed by atoms with Crippen LogP contribution >= 0.6 is 23.2 Å². The van der Waals surface area contributed by atoms with E-state index < -0.39 is 11.4 Å². The van der Waals surface area contributed by atoms with E-state index in [1.165, 1.54) is 0 Å². The lowest BCUT2D eigenvalue weighted by atomic mass is 9.79. The zero-order valence-electron chi connectivity index (χ0n) is 12.3. The number of rotatable bonds is 6. The topological polar surface area (TPSA) is 66.4 Å². The molecule has 1 rings (SSSR count). The average molecular weight is 332 g/mol. The molecular weight excluding hydrogens is 313 g/mol. The molecule has 0 spiro atoms. The van der Waals surface area contributed by atoms with Gasteiger partial charge in [0.05, 0.1) is 16.1 Å². The van der Waals surface area contributed by atoms with Crippen LogP contribution in [0.4, 0.5) is 5.69 Å². The Kier molecular flexibility index (Phi) is 6.05. The average Bonchev–Trinajstić information content (AvgIpc) is 2.42. The van der Waals surface area contributed by atoms with Crippen LogP contribution in [0.15, 0.2) is 12.1 Å². The van der Waals surface area contributed by atoms with Gasteiger partial charge >= 0.3 is 5.97 Å². The number of hydrogen-bond donors (Lipinski definition) is 2. The molecular formula is C15H19Cl2NO3. The molecule has 0 aliphatic carbocycles. The second-order valence-corrected chi connectivity index (χ2v) is 5.91. The van der Waals surface area contributed by atoms with Crippen molar-refractivity contribution < 1.29 is 14.7 Å². The summed E-state index contributed by atoms with van der Waals surface area (Å²) < 4.78 is 0. The number of anilines is 1. The standard InChI is InChI=1S/C15H19Cl2NO3/c1-4-15(5-2,14(20)21)8-13(19)18-12-7-10(16)9(3)6-11(12)17/h6-7H,4-5,8H2,1-3H3,(H,18,19)(H,20,21). The van der Waals surface area contributed by atoms with E-state index in [4.69, 9.17) is 23.2 Å². The van der Waals surface area contributed by atoms with Crippen LogP contribution in [0.25, 0.3) is 0 Å². The summed E-state index contributed by atoms with van der Waals surface area (Å²) in [5, 5.41) is 12.9. The molecule has 0 aliphatic rings. The fourth-order valence-electron chi connectivity index (χ4n) is 2.12. The highest BCUT2D eigenvalue weighted by Gasteiger charge is 2.37. The van der Waals surface area contributed by atoms with E-state index in [9.17, 15) is 14.7 Å². The van der Waals surface area contributed by atoms with Crippen molar-refractivity contribution in [2.45, 2.75) is 40.0 Å². The van der Waals surface area contributed by atoms with Crippen LogP contribution in [-0.2, 0) is 9.59 Å². The second kappa shape index (κ2) is 7.14. The number of aryl methyl sites for hydroxylation is 1. The van der Waals surface area contributed by atoms with Gasteiger partial charge in [-0.3, -0.25) is 9.59 Å². The molecule has 6 heteroatoms. The van der Waals surface area contributed by atoms with Gasteiger partial charge in [-0.15, -0.1) is 0 Å². The van der Waals surface area contributed by atoms with Crippen molar-refractivity contribution in [1.29, 1.82) is 0 Å². The summed E-state index contributed by atoms with van der Waals surface area (Å²) in [7, 11) is 0. The predicted molar refractivity (Wildman–Crippen MR) is 85.1 cm³/mol. The minimum absolute atomic E-state index is 0.100. The zero-order valence-corrected chi connectivity index (χ0v) is 13.8. The summed E-state index contributed by atoms with van der Waals surface area (Å²) in [6.45, 7) is 5.34. The molecule has 0 bridgehead atoms. The van der Waals surface area contributed by atoms with Crippen molar-refractivity contribution in [2.75, 3.05) is 5.32 Å². The lowest BCUT2D eigenvalue weighted by Crippen LogP contribution is -2.34. The first kappa shape index (κ1) is 17.8. The third kappa shape index (κ3) is 4.11. The summed E-state index contributed by atoms with van der Waals surface area (Å²) in [5.41, 5.74) is 0.149. The number of nitrogens with one attached hydrogen (secondary N) is 1. The van der Waals surface area contributed by atoms with Gasteiger partial charge < -0.3 is 10.4 Å². The molecule has 0 aromatic heterocycles. The molecule has 1 amide bonds. The van der Waals surface area contributed by atoms with Crippen LogP contribution in [0.2, 0.25) is 10.0 Å². The van der Waals surface area contributed by atoms with Crippen LogP contribution in [0.3, 0.4) is 0 Å². The number of aliphatic carboxylic acids is 1. The third-order valence-electron chi connectivity index (χ3n) is 3.83. The van der Waals surface area contributed by atoms with E-state index in [0.717, 1.165) is 5.56 Å². The van der Waals surface area contributed by atoms with Crippen molar-refractivity contribution in [3.8, 4) is 0 Å². The van der Waals surface area contributed by atoms with Crippen molar-refractivity contribution >= 4 is 40.8 Å². The third-order valence-corrected chi connectivity index (χ3v) is 4.55. The number of carbonyl (C=O) groups excluding carboxylic acids is 1. The van der Waals surface area contributed by atoms with Gasteiger partial charge in [-0.2, -0.15) is 0 Å². The zero-order chi connectivity index (χ0) is 16.2. The van der Waals surface area contributed by atoms with Crippen molar-refractivity contribution in [2.24, 2.45) is 5.41 Å². The Morgan fingerprint density at radius 2 is 1.76 bits per heavy atom. The number of carboxylic acids is 1. The van der Waals surface area contributed by atoms with Gasteiger partial charge in [0.2, 0.25) is 5.91 Å². The number of carbonyl (C=O) groups is 2. The Morgan fingerprint density at radius 3 is 2.24 bits per heavy atom. The van der Waals surface area contributed by atoms with E-state index in [0.29, 0.717) is 28.6 Å². The summed E-state index contributed by atoms with van der Waals surface area (Å²) in [6.07, 6.45) is 0.667. The molecule has 116 valence electrons. The Bertz CT molecular complexity index is 554. The molecule has 0 saturated carbocycles. The van der Waals surface area contributed by atoms with E-state index in [1.54, 1.807) is 26.0 Å². The molecule has 0 fully saturated rings. The molecule has 0 saturated heterocycles. The maximum absolute atomic E-state index is 12.1. The van der Waals surface area contributed by atoms with E-state index in [-0.39, 0.29) is 12.3 Å². The second-order valence-electron chi connectivity index (χ2n) is 5.10. The van der Waals surface area contributed by atoms with Crippen molar-refractivity contribution in [1.82, 2.24) is 0 Å². The molecule has 1 aromatic carbocycles. The first-order valence-electron chi connectivity index (χ1n) is 6.74. The smallest absolute Gasteiger partial charge is 0.310 e. The quantitative estimate of drug-likeness (QED) is 0.805. The number of benzene rings is 1. The molecule has 4 nitrogen and oxygen atoms in total. The van der Waals surface area contributed by atoms with Crippen LogP contribution in [0.1, 0.15) is 38.7 Å². The fraction of sp³-hybridized carbons (Fsp3) is 0.467. The maximum Gasteiger partial charge on any atom is 0.310 e. The molecule has 21 heavy (non-hydrogen) atoms. The van der Waals surface area contributed by atoms with E-state index >= 15 is 0 Å². The summed E-state index contributed by atoms with van der Waals surface area (Å²) in [5.74, 6) is -1.35. The molecule has 0 aliphatic heterocycles. The van der Waals surface area contributed by atoms with Gasteiger partial charge in [0.25, 0.3) is 0 Å². The molecule has 0 atom stereocenters. The lowest BCUT2D eigenvalue weighted by Gasteiger charge is -2.26. The Hall–Kier alpha value is -1.26. The first-order chi connectivity index (χ1) is 9.75. The number of halogens is 2. The minimum Gasteiger partial charge on any atom is -0.481 e. The number of amides is 1. The molecule has 2 N–H and O–H groups in total. The first-order valence-corrected chi connectivity index (χ1v) is 7.50. The Balaban J connectivity index is 2.92. The van der Waals surface area contributed by atoms with Gasteiger partial charge in [-0.25, -0.2) is 0 Å². The Labute approximate surface area is 134 Å². The van der Waals surface area contributed by atoms with Gasteiger partial charge in [0, 0.05) is 11.4 Å². The van der Waals surface area contributed by atoms with Crippen molar-refractivity contribution in [3.63, 3.8) is 0 Å². The minimum atomic E-state index is -1.05. The SMILES string of the molecule is CCC(CC)(CC(=O)Nc1cc(Cl)c(C)cc1Cl)C(=O)O.